The van der Waals surface area contributed by atoms with Gasteiger partial charge >= 0.3 is 0 Å². The number of likely N-dealkylation sites (tertiary alicyclic amines) is 1. The van der Waals surface area contributed by atoms with Crippen LogP contribution in [0.5, 0.6) is 0 Å². The fourth-order valence-electron chi connectivity index (χ4n) is 2.26. The summed E-state index contributed by atoms with van der Waals surface area (Å²) < 4.78 is 5.08. The van der Waals surface area contributed by atoms with E-state index < -0.39 is 0 Å². The second-order valence-corrected chi connectivity index (χ2v) is 5.16. The zero-order chi connectivity index (χ0) is 12.7. The molecule has 1 fully saturated rings. The van der Waals surface area contributed by atoms with Crippen LogP contribution in [0.25, 0.3) is 0 Å². The summed E-state index contributed by atoms with van der Waals surface area (Å²) in [7, 11) is 1.69. The first-order valence-corrected chi connectivity index (χ1v) is 6.73. The van der Waals surface area contributed by atoms with E-state index in [1.165, 1.54) is 6.42 Å². The van der Waals surface area contributed by atoms with Gasteiger partial charge in [-0.05, 0) is 44.3 Å². The molecule has 0 saturated carbocycles. The molecule has 5 heteroatoms. The minimum absolute atomic E-state index is 0.241. The van der Waals surface area contributed by atoms with Crippen LogP contribution in [0.2, 0.25) is 0 Å². The Bertz CT molecular complexity index is 237. The SMILES string of the molecule is COCC(C)NC(=S)N1CCCC(CCO)C1. The molecule has 0 aromatic carbocycles. The zero-order valence-corrected chi connectivity index (χ0v) is 11.6. The number of ether oxygens (including phenoxy) is 1. The highest BCUT2D eigenvalue weighted by atomic mass is 32.1. The molecule has 100 valence electrons. The summed E-state index contributed by atoms with van der Waals surface area (Å²) in [6, 6.07) is 0.241. The van der Waals surface area contributed by atoms with Gasteiger partial charge in [0.2, 0.25) is 0 Å². The van der Waals surface area contributed by atoms with Crippen molar-refractivity contribution >= 4 is 17.3 Å². The molecule has 0 bridgehead atoms. The summed E-state index contributed by atoms with van der Waals surface area (Å²) in [5.74, 6) is 0.575. The van der Waals surface area contributed by atoms with Crippen LogP contribution in [-0.4, -0.2) is 54.6 Å². The van der Waals surface area contributed by atoms with E-state index in [2.05, 4.69) is 17.1 Å². The van der Waals surface area contributed by atoms with Crippen LogP contribution >= 0.6 is 12.2 Å². The highest BCUT2D eigenvalue weighted by Crippen LogP contribution is 2.19. The fraction of sp³-hybridized carbons (Fsp3) is 0.917. The topological polar surface area (TPSA) is 44.7 Å². The van der Waals surface area contributed by atoms with Crippen molar-refractivity contribution in [2.75, 3.05) is 33.4 Å². The summed E-state index contributed by atoms with van der Waals surface area (Å²) in [4.78, 5) is 2.21. The van der Waals surface area contributed by atoms with Gasteiger partial charge in [0.15, 0.2) is 5.11 Å². The lowest BCUT2D eigenvalue weighted by atomic mass is 9.95. The molecule has 1 rings (SSSR count). The van der Waals surface area contributed by atoms with Gasteiger partial charge < -0.3 is 20.1 Å². The molecular weight excluding hydrogens is 236 g/mol. The summed E-state index contributed by atoms with van der Waals surface area (Å²) in [6.07, 6.45) is 3.24. The molecule has 17 heavy (non-hydrogen) atoms. The third kappa shape index (κ3) is 5.19. The van der Waals surface area contributed by atoms with E-state index in [0.717, 1.165) is 31.0 Å². The average Bonchev–Trinajstić information content (AvgIpc) is 2.30. The molecule has 2 atom stereocenters. The smallest absolute Gasteiger partial charge is 0.169 e. The molecule has 1 aliphatic heterocycles. The maximum absolute atomic E-state index is 8.98. The maximum Gasteiger partial charge on any atom is 0.169 e. The second-order valence-electron chi connectivity index (χ2n) is 4.77. The Balaban J connectivity index is 2.35. The van der Waals surface area contributed by atoms with Crippen molar-refractivity contribution in [3.8, 4) is 0 Å². The summed E-state index contributed by atoms with van der Waals surface area (Å²) in [5, 5.41) is 13.1. The molecular formula is C12H24N2O2S. The lowest BCUT2D eigenvalue weighted by molar-refractivity contribution is 0.173. The quantitative estimate of drug-likeness (QED) is 0.722. The molecule has 1 heterocycles. The summed E-state index contributed by atoms with van der Waals surface area (Å²) >= 11 is 5.40. The molecule has 0 aliphatic carbocycles. The van der Waals surface area contributed by atoms with Gasteiger partial charge in [0, 0.05) is 32.8 Å². The largest absolute Gasteiger partial charge is 0.396 e. The van der Waals surface area contributed by atoms with Crippen molar-refractivity contribution in [1.29, 1.82) is 0 Å². The van der Waals surface area contributed by atoms with E-state index >= 15 is 0 Å². The Labute approximate surface area is 109 Å². The molecule has 0 aromatic rings. The van der Waals surface area contributed by atoms with E-state index in [1.54, 1.807) is 7.11 Å². The van der Waals surface area contributed by atoms with Gasteiger partial charge in [0.25, 0.3) is 0 Å². The van der Waals surface area contributed by atoms with Crippen molar-refractivity contribution in [3.63, 3.8) is 0 Å². The van der Waals surface area contributed by atoms with E-state index in [-0.39, 0.29) is 12.6 Å². The number of aliphatic hydroxyl groups is 1. The van der Waals surface area contributed by atoms with E-state index in [1.807, 2.05) is 0 Å². The van der Waals surface area contributed by atoms with Crippen LogP contribution in [0.15, 0.2) is 0 Å². The molecule has 4 nitrogen and oxygen atoms in total. The van der Waals surface area contributed by atoms with Crippen LogP contribution in [0.1, 0.15) is 26.2 Å². The number of thiocarbonyl (C=S) groups is 1. The Hall–Kier alpha value is -0.390. The van der Waals surface area contributed by atoms with Gasteiger partial charge in [-0.3, -0.25) is 0 Å². The van der Waals surface area contributed by atoms with Gasteiger partial charge in [0.05, 0.1) is 6.61 Å². The molecule has 2 unspecified atom stereocenters. The molecule has 0 aromatic heterocycles. The van der Waals surface area contributed by atoms with Crippen molar-refractivity contribution in [1.82, 2.24) is 10.2 Å². The Morgan fingerprint density at radius 2 is 2.41 bits per heavy atom. The molecule has 0 radical (unpaired) electrons. The third-order valence-corrected chi connectivity index (χ3v) is 3.51. The Morgan fingerprint density at radius 1 is 1.65 bits per heavy atom. The van der Waals surface area contributed by atoms with Gasteiger partial charge in [-0.2, -0.15) is 0 Å². The lowest BCUT2D eigenvalue weighted by Crippen LogP contribution is -2.48. The number of nitrogens with one attached hydrogen (secondary N) is 1. The minimum Gasteiger partial charge on any atom is -0.396 e. The predicted molar refractivity (Wildman–Crippen MR) is 73.1 cm³/mol. The van der Waals surface area contributed by atoms with Crippen molar-refractivity contribution in [3.05, 3.63) is 0 Å². The minimum atomic E-state index is 0.241. The van der Waals surface area contributed by atoms with Crippen LogP contribution < -0.4 is 5.32 Å². The Kier molecular flexibility index (Phi) is 6.77. The molecule has 0 amide bonds. The second kappa shape index (κ2) is 7.84. The predicted octanol–water partition coefficient (Wildman–Crippen LogP) is 0.990. The zero-order valence-electron chi connectivity index (χ0n) is 10.8. The van der Waals surface area contributed by atoms with Gasteiger partial charge in [-0.15, -0.1) is 0 Å². The molecule has 2 N–H and O–H groups in total. The van der Waals surface area contributed by atoms with Crippen LogP contribution in [-0.2, 0) is 4.74 Å². The van der Waals surface area contributed by atoms with Gasteiger partial charge in [0.1, 0.15) is 0 Å². The lowest BCUT2D eigenvalue weighted by Gasteiger charge is -2.35. The highest BCUT2D eigenvalue weighted by molar-refractivity contribution is 7.80. The number of rotatable bonds is 5. The molecule has 1 saturated heterocycles. The summed E-state index contributed by atoms with van der Waals surface area (Å²) in [6.45, 7) is 4.98. The highest BCUT2D eigenvalue weighted by Gasteiger charge is 2.21. The molecule has 1 aliphatic rings. The van der Waals surface area contributed by atoms with E-state index in [4.69, 9.17) is 22.1 Å². The van der Waals surface area contributed by atoms with Crippen molar-refractivity contribution in [2.45, 2.75) is 32.2 Å². The first-order valence-electron chi connectivity index (χ1n) is 6.32. The first-order chi connectivity index (χ1) is 8.17. The van der Waals surface area contributed by atoms with Gasteiger partial charge in [-0.25, -0.2) is 0 Å². The van der Waals surface area contributed by atoms with Crippen LogP contribution in [0.4, 0.5) is 0 Å². The summed E-state index contributed by atoms with van der Waals surface area (Å²) in [5.41, 5.74) is 0. The maximum atomic E-state index is 8.98. The number of nitrogens with zero attached hydrogens (tertiary/aromatic N) is 1. The normalized spacial score (nSPS) is 22.3. The van der Waals surface area contributed by atoms with Gasteiger partial charge in [-0.1, -0.05) is 0 Å². The van der Waals surface area contributed by atoms with Crippen molar-refractivity contribution < 1.29 is 9.84 Å². The number of methoxy groups -OCH3 is 1. The van der Waals surface area contributed by atoms with Crippen LogP contribution in [0.3, 0.4) is 0 Å². The number of hydrogen-bond donors (Lipinski definition) is 2. The Morgan fingerprint density at radius 3 is 3.06 bits per heavy atom. The third-order valence-electron chi connectivity index (χ3n) is 3.13. The van der Waals surface area contributed by atoms with E-state index in [9.17, 15) is 0 Å². The van der Waals surface area contributed by atoms with E-state index in [0.29, 0.717) is 12.5 Å². The molecule has 0 spiro atoms. The fourth-order valence-corrected chi connectivity index (χ4v) is 2.63. The monoisotopic (exact) mass is 260 g/mol. The number of hydrogen-bond acceptors (Lipinski definition) is 3. The number of aliphatic hydroxyl groups excluding tert-OH is 1. The number of piperidine rings is 1. The van der Waals surface area contributed by atoms with Crippen molar-refractivity contribution in [2.24, 2.45) is 5.92 Å². The average molecular weight is 260 g/mol. The van der Waals surface area contributed by atoms with Crippen LogP contribution in [0, 0.1) is 5.92 Å². The first kappa shape index (κ1) is 14.7. The standard InChI is InChI=1S/C12H24N2O2S/c1-10(9-16-2)13-12(17)14-6-3-4-11(8-14)5-7-15/h10-11,15H,3-9H2,1-2H3,(H,13,17).